The van der Waals surface area contributed by atoms with Crippen LogP contribution in [-0.4, -0.2) is 17.8 Å². The topological polar surface area (TPSA) is 47.6 Å². The van der Waals surface area contributed by atoms with Crippen molar-refractivity contribution in [2.75, 3.05) is 5.32 Å². The second kappa shape index (κ2) is 6.79. The van der Waals surface area contributed by atoms with E-state index in [1.165, 1.54) is 0 Å². The Morgan fingerprint density at radius 1 is 1.45 bits per heavy atom. The first-order valence-electron chi connectivity index (χ1n) is 6.30. The number of hydrogen-bond acceptors (Lipinski definition) is 3. The average Bonchev–Trinajstić information content (AvgIpc) is 2.30. The molecule has 0 fully saturated rings. The van der Waals surface area contributed by atoms with Crippen molar-refractivity contribution in [2.45, 2.75) is 39.4 Å². The highest BCUT2D eigenvalue weighted by molar-refractivity contribution is 9.10. The fourth-order valence-electron chi connectivity index (χ4n) is 1.34. The van der Waals surface area contributed by atoms with E-state index >= 15 is 0 Å². The molecule has 0 radical (unpaired) electrons. The van der Waals surface area contributed by atoms with Gasteiger partial charge in [0.2, 0.25) is 0 Å². The highest BCUT2D eigenvalue weighted by Crippen LogP contribution is 2.29. The Balaban J connectivity index is 2.79. The molecule has 4 nitrogen and oxygen atoms in total. The predicted molar refractivity (Wildman–Crippen MR) is 84.3 cm³/mol. The molecule has 1 atom stereocenters. The molecule has 0 bridgehead atoms. The van der Waals surface area contributed by atoms with Crippen LogP contribution in [0.1, 0.15) is 27.7 Å². The van der Waals surface area contributed by atoms with Gasteiger partial charge in [-0.25, -0.2) is 4.79 Å². The summed E-state index contributed by atoms with van der Waals surface area (Å²) < 4.78 is 11.7. The number of nitrogens with one attached hydrogen (secondary N) is 1. The standard InChI is InChI=1S/C15H20BrNO3/c1-6-10(2)19-13-9-11(7-8-12(13)16)17-14(18)20-15(3,4)5/h6-10H,1H2,2-5H3,(H,17,18). The first-order chi connectivity index (χ1) is 9.21. The van der Waals surface area contributed by atoms with E-state index in [1.807, 2.05) is 27.7 Å². The minimum Gasteiger partial charge on any atom is -0.485 e. The number of amides is 1. The molecule has 0 saturated carbocycles. The van der Waals surface area contributed by atoms with Gasteiger partial charge in [-0.05, 0) is 55.8 Å². The lowest BCUT2D eigenvalue weighted by Gasteiger charge is -2.20. The Kier molecular flexibility index (Phi) is 5.62. The molecule has 1 rings (SSSR count). The fraction of sp³-hybridized carbons (Fsp3) is 0.400. The van der Waals surface area contributed by atoms with E-state index < -0.39 is 11.7 Å². The molecular weight excluding hydrogens is 322 g/mol. The summed E-state index contributed by atoms with van der Waals surface area (Å²) in [6.07, 6.45) is 1.08. The average molecular weight is 342 g/mol. The summed E-state index contributed by atoms with van der Waals surface area (Å²) >= 11 is 3.40. The van der Waals surface area contributed by atoms with Gasteiger partial charge in [0.05, 0.1) is 4.47 Å². The highest BCUT2D eigenvalue weighted by Gasteiger charge is 2.16. The molecule has 5 heteroatoms. The van der Waals surface area contributed by atoms with Crippen molar-refractivity contribution < 1.29 is 14.3 Å². The summed E-state index contributed by atoms with van der Waals surface area (Å²) in [5.41, 5.74) is 0.0737. The van der Waals surface area contributed by atoms with Crippen LogP contribution in [0.15, 0.2) is 35.3 Å². The summed E-state index contributed by atoms with van der Waals surface area (Å²) in [4.78, 5) is 11.7. The number of carbonyl (C=O) groups excluding carboxylic acids is 1. The van der Waals surface area contributed by atoms with Crippen molar-refractivity contribution in [3.05, 3.63) is 35.3 Å². The molecule has 20 heavy (non-hydrogen) atoms. The van der Waals surface area contributed by atoms with Gasteiger partial charge in [0.15, 0.2) is 0 Å². The van der Waals surface area contributed by atoms with Gasteiger partial charge in [-0.15, -0.1) is 0 Å². The Morgan fingerprint density at radius 2 is 2.10 bits per heavy atom. The van der Waals surface area contributed by atoms with Crippen molar-refractivity contribution in [2.24, 2.45) is 0 Å². The van der Waals surface area contributed by atoms with Crippen LogP contribution >= 0.6 is 15.9 Å². The molecule has 110 valence electrons. The largest absolute Gasteiger partial charge is 0.485 e. The molecule has 0 aliphatic heterocycles. The summed E-state index contributed by atoms with van der Waals surface area (Å²) in [5, 5.41) is 2.67. The van der Waals surface area contributed by atoms with E-state index in [4.69, 9.17) is 9.47 Å². The Bertz CT molecular complexity index is 494. The van der Waals surface area contributed by atoms with Gasteiger partial charge in [-0.2, -0.15) is 0 Å². The lowest BCUT2D eigenvalue weighted by atomic mass is 10.2. The Labute approximate surface area is 128 Å². The first kappa shape index (κ1) is 16.6. The van der Waals surface area contributed by atoms with E-state index in [1.54, 1.807) is 24.3 Å². The molecule has 1 aromatic carbocycles. The number of anilines is 1. The van der Waals surface area contributed by atoms with E-state index in [0.29, 0.717) is 11.4 Å². The Hall–Kier alpha value is -1.49. The lowest BCUT2D eigenvalue weighted by molar-refractivity contribution is 0.0636. The van der Waals surface area contributed by atoms with Crippen LogP contribution in [-0.2, 0) is 4.74 Å². The number of halogens is 1. The molecule has 0 saturated heterocycles. The second-order valence-electron chi connectivity index (χ2n) is 5.33. The third-order valence-corrected chi connectivity index (χ3v) is 2.88. The molecule has 0 aliphatic rings. The van der Waals surface area contributed by atoms with Crippen LogP contribution in [0.3, 0.4) is 0 Å². The van der Waals surface area contributed by atoms with Crippen molar-refractivity contribution in [1.82, 2.24) is 0 Å². The number of carbonyl (C=O) groups is 1. The van der Waals surface area contributed by atoms with Gasteiger partial charge in [-0.1, -0.05) is 12.7 Å². The summed E-state index contributed by atoms with van der Waals surface area (Å²) in [7, 11) is 0. The van der Waals surface area contributed by atoms with E-state index in [2.05, 4.69) is 27.8 Å². The molecule has 0 heterocycles. The quantitative estimate of drug-likeness (QED) is 0.804. The summed E-state index contributed by atoms with van der Waals surface area (Å²) in [5.74, 6) is 0.631. The van der Waals surface area contributed by atoms with Crippen LogP contribution in [0.5, 0.6) is 5.75 Å². The van der Waals surface area contributed by atoms with Gasteiger partial charge in [0.1, 0.15) is 17.5 Å². The maximum Gasteiger partial charge on any atom is 0.412 e. The normalized spacial score (nSPS) is 12.4. The predicted octanol–water partition coefficient (Wildman–Crippen LogP) is 4.75. The monoisotopic (exact) mass is 341 g/mol. The third kappa shape index (κ3) is 5.65. The number of rotatable bonds is 4. The van der Waals surface area contributed by atoms with Crippen molar-refractivity contribution >= 4 is 27.7 Å². The SMILES string of the molecule is C=CC(C)Oc1cc(NC(=O)OC(C)(C)C)ccc1Br. The van der Waals surface area contributed by atoms with Crippen molar-refractivity contribution in [1.29, 1.82) is 0 Å². The number of hydrogen-bond donors (Lipinski definition) is 1. The Morgan fingerprint density at radius 3 is 2.65 bits per heavy atom. The van der Waals surface area contributed by atoms with Gasteiger partial charge < -0.3 is 9.47 Å². The zero-order valence-corrected chi connectivity index (χ0v) is 13.8. The number of ether oxygens (including phenoxy) is 2. The van der Waals surface area contributed by atoms with Crippen LogP contribution in [0.4, 0.5) is 10.5 Å². The zero-order valence-electron chi connectivity index (χ0n) is 12.2. The fourth-order valence-corrected chi connectivity index (χ4v) is 1.68. The van der Waals surface area contributed by atoms with E-state index in [9.17, 15) is 4.79 Å². The van der Waals surface area contributed by atoms with Crippen LogP contribution in [0.25, 0.3) is 0 Å². The van der Waals surface area contributed by atoms with Gasteiger partial charge in [0, 0.05) is 11.8 Å². The molecule has 0 aromatic heterocycles. The lowest BCUT2D eigenvalue weighted by Crippen LogP contribution is -2.27. The molecular formula is C15H20BrNO3. The van der Waals surface area contributed by atoms with Crippen molar-refractivity contribution in [3.63, 3.8) is 0 Å². The van der Waals surface area contributed by atoms with Crippen LogP contribution in [0, 0.1) is 0 Å². The molecule has 1 unspecified atom stereocenters. The summed E-state index contributed by atoms with van der Waals surface area (Å²) in [6.45, 7) is 11.0. The van der Waals surface area contributed by atoms with Gasteiger partial charge >= 0.3 is 6.09 Å². The summed E-state index contributed by atoms with van der Waals surface area (Å²) in [6, 6.07) is 5.30. The van der Waals surface area contributed by atoms with Gasteiger partial charge in [0.25, 0.3) is 0 Å². The molecule has 1 amide bonds. The molecule has 0 aliphatic carbocycles. The van der Waals surface area contributed by atoms with E-state index in [-0.39, 0.29) is 6.10 Å². The zero-order chi connectivity index (χ0) is 15.3. The number of benzene rings is 1. The minimum absolute atomic E-state index is 0.122. The maximum atomic E-state index is 11.7. The smallest absolute Gasteiger partial charge is 0.412 e. The van der Waals surface area contributed by atoms with Crippen LogP contribution in [0.2, 0.25) is 0 Å². The van der Waals surface area contributed by atoms with Crippen molar-refractivity contribution in [3.8, 4) is 5.75 Å². The molecule has 1 aromatic rings. The molecule has 0 spiro atoms. The highest BCUT2D eigenvalue weighted by atomic mass is 79.9. The third-order valence-electron chi connectivity index (χ3n) is 2.22. The molecule has 1 N–H and O–H groups in total. The minimum atomic E-state index is -0.532. The van der Waals surface area contributed by atoms with Gasteiger partial charge in [-0.3, -0.25) is 5.32 Å². The van der Waals surface area contributed by atoms with E-state index in [0.717, 1.165) is 4.47 Å². The second-order valence-corrected chi connectivity index (χ2v) is 6.19. The first-order valence-corrected chi connectivity index (χ1v) is 7.09. The maximum absolute atomic E-state index is 11.7. The van der Waals surface area contributed by atoms with Crippen LogP contribution < -0.4 is 10.1 Å².